The van der Waals surface area contributed by atoms with Crippen LogP contribution < -0.4 is 16.0 Å². The first-order valence-electron chi connectivity index (χ1n) is 10.2. The van der Waals surface area contributed by atoms with Gasteiger partial charge in [-0.05, 0) is 59.2 Å². The number of carbonyl (C=O) groups excluding carboxylic acids is 2. The molecule has 0 unspecified atom stereocenters. The molecule has 0 spiro atoms. The summed E-state index contributed by atoms with van der Waals surface area (Å²) in [5.41, 5.74) is 0.560. The largest absolute Gasteiger partial charge is 0.444 e. The summed E-state index contributed by atoms with van der Waals surface area (Å²) in [5, 5.41) is 9.32. The van der Waals surface area contributed by atoms with E-state index in [2.05, 4.69) is 20.9 Å². The lowest BCUT2D eigenvalue weighted by atomic mass is 10.1. The third-order valence-corrected chi connectivity index (χ3v) is 3.91. The van der Waals surface area contributed by atoms with E-state index in [1.807, 2.05) is 53.7 Å². The summed E-state index contributed by atoms with van der Waals surface area (Å²) in [6.45, 7) is 12.9. The van der Waals surface area contributed by atoms with E-state index in [4.69, 9.17) is 4.74 Å². The summed E-state index contributed by atoms with van der Waals surface area (Å²) in [6.07, 6.45) is -0.455. The minimum atomic E-state index is -0.545. The van der Waals surface area contributed by atoms with Crippen molar-refractivity contribution < 1.29 is 14.3 Å². The molecule has 8 nitrogen and oxygen atoms in total. The number of guanidine groups is 1. The Hall–Kier alpha value is -2.77. The predicted octanol–water partition coefficient (Wildman–Crippen LogP) is 2.75. The van der Waals surface area contributed by atoms with Crippen LogP contribution in [0.15, 0.2) is 29.3 Å². The molecule has 30 heavy (non-hydrogen) atoms. The van der Waals surface area contributed by atoms with Gasteiger partial charge in [-0.25, -0.2) is 9.79 Å². The Labute approximate surface area is 180 Å². The minimum absolute atomic E-state index is 0.0280. The van der Waals surface area contributed by atoms with Crippen molar-refractivity contribution in [1.29, 1.82) is 0 Å². The van der Waals surface area contributed by atoms with Crippen molar-refractivity contribution in [2.45, 2.75) is 59.2 Å². The van der Waals surface area contributed by atoms with E-state index in [0.29, 0.717) is 31.2 Å². The fourth-order valence-electron chi connectivity index (χ4n) is 2.45. The number of benzene rings is 1. The molecular weight excluding hydrogens is 382 g/mol. The Kier molecular flexibility index (Phi) is 9.14. The molecule has 0 aromatic heterocycles. The van der Waals surface area contributed by atoms with Crippen molar-refractivity contribution in [2.24, 2.45) is 4.99 Å². The molecule has 0 aliphatic rings. The minimum Gasteiger partial charge on any atom is -0.444 e. The Morgan fingerprint density at radius 1 is 1.03 bits per heavy atom. The molecule has 3 N–H and O–H groups in total. The Balaban J connectivity index is 2.69. The van der Waals surface area contributed by atoms with Gasteiger partial charge in [0.05, 0.1) is 12.1 Å². The highest BCUT2D eigenvalue weighted by molar-refractivity contribution is 5.93. The monoisotopic (exact) mass is 419 g/mol. The van der Waals surface area contributed by atoms with Gasteiger partial charge in [0.15, 0.2) is 5.96 Å². The summed E-state index contributed by atoms with van der Waals surface area (Å²) in [6, 6.07) is 7.42. The topological polar surface area (TPSA) is 95.1 Å². The molecule has 0 bridgehead atoms. The lowest BCUT2D eigenvalue weighted by Gasteiger charge is -2.29. The molecule has 0 fully saturated rings. The second-order valence-electron chi connectivity index (χ2n) is 8.96. The standard InChI is InChI=1S/C22H37N5O3/c1-9-23-19(25-15-22(5,6)26-20(29)30-21(2,3)4)24-14-16-10-12-17(13-11-16)18(28)27(7)8/h10-13H,9,14-15H2,1-8H3,(H,26,29)(H2,23,24,25). The van der Waals surface area contributed by atoms with Crippen LogP contribution in [-0.2, 0) is 11.3 Å². The molecule has 0 saturated heterocycles. The van der Waals surface area contributed by atoms with Crippen LogP contribution in [0.2, 0.25) is 0 Å². The van der Waals surface area contributed by atoms with Gasteiger partial charge in [-0.1, -0.05) is 12.1 Å². The van der Waals surface area contributed by atoms with Gasteiger partial charge in [0.25, 0.3) is 5.91 Å². The van der Waals surface area contributed by atoms with Crippen LogP contribution in [0.5, 0.6) is 0 Å². The molecule has 1 rings (SSSR count). The maximum absolute atomic E-state index is 12.0. The molecule has 0 aliphatic heterocycles. The fraction of sp³-hybridized carbons (Fsp3) is 0.591. The second kappa shape index (κ2) is 10.8. The van der Waals surface area contributed by atoms with Crippen LogP contribution in [0.25, 0.3) is 0 Å². The molecule has 8 heteroatoms. The van der Waals surface area contributed by atoms with Gasteiger partial charge in [-0.2, -0.15) is 0 Å². The van der Waals surface area contributed by atoms with Gasteiger partial charge < -0.3 is 25.6 Å². The number of nitrogens with zero attached hydrogens (tertiary/aromatic N) is 2. The molecule has 1 aromatic rings. The first kappa shape index (κ1) is 25.3. The van der Waals surface area contributed by atoms with Crippen molar-refractivity contribution in [3.63, 3.8) is 0 Å². The number of aliphatic imine (C=N–C) groups is 1. The van der Waals surface area contributed by atoms with Crippen LogP contribution >= 0.6 is 0 Å². The number of ether oxygens (including phenoxy) is 1. The first-order chi connectivity index (χ1) is 13.8. The molecular formula is C22H37N5O3. The van der Waals surface area contributed by atoms with Crippen molar-refractivity contribution in [3.05, 3.63) is 35.4 Å². The normalized spacial score (nSPS) is 12.2. The first-order valence-corrected chi connectivity index (χ1v) is 10.2. The fourth-order valence-corrected chi connectivity index (χ4v) is 2.45. The zero-order valence-corrected chi connectivity index (χ0v) is 19.5. The van der Waals surface area contributed by atoms with E-state index >= 15 is 0 Å². The van der Waals surface area contributed by atoms with Gasteiger partial charge in [0.1, 0.15) is 5.60 Å². The highest BCUT2D eigenvalue weighted by Crippen LogP contribution is 2.10. The Morgan fingerprint density at radius 2 is 1.63 bits per heavy atom. The number of nitrogens with one attached hydrogen (secondary N) is 3. The Bertz CT molecular complexity index is 734. The Morgan fingerprint density at radius 3 is 2.13 bits per heavy atom. The summed E-state index contributed by atoms with van der Waals surface area (Å²) in [4.78, 5) is 30.2. The zero-order valence-electron chi connectivity index (χ0n) is 19.5. The van der Waals surface area contributed by atoms with E-state index in [1.165, 1.54) is 0 Å². The SMILES string of the molecule is CCNC(=NCc1ccc(C(=O)N(C)C)cc1)NCC(C)(C)NC(=O)OC(C)(C)C. The molecule has 0 aliphatic carbocycles. The smallest absolute Gasteiger partial charge is 0.408 e. The molecule has 0 saturated carbocycles. The van der Waals surface area contributed by atoms with Gasteiger partial charge in [0.2, 0.25) is 0 Å². The summed E-state index contributed by atoms with van der Waals surface area (Å²) in [7, 11) is 3.46. The van der Waals surface area contributed by atoms with E-state index in [0.717, 1.165) is 5.56 Å². The molecule has 2 amide bonds. The third kappa shape index (κ3) is 9.62. The molecule has 0 atom stereocenters. The number of alkyl carbamates (subject to hydrolysis) is 1. The van der Waals surface area contributed by atoms with Crippen molar-refractivity contribution in [3.8, 4) is 0 Å². The lowest BCUT2D eigenvalue weighted by Crippen LogP contribution is -2.54. The number of hydrogen-bond acceptors (Lipinski definition) is 4. The zero-order chi connectivity index (χ0) is 22.9. The van der Waals surface area contributed by atoms with Crippen LogP contribution in [0.1, 0.15) is 57.5 Å². The van der Waals surface area contributed by atoms with E-state index in [9.17, 15) is 9.59 Å². The molecule has 0 radical (unpaired) electrons. The number of amides is 2. The van der Waals surface area contributed by atoms with Crippen molar-refractivity contribution >= 4 is 18.0 Å². The molecule has 0 heterocycles. The highest BCUT2D eigenvalue weighted by Gasteiger charge is 2.24. The van der Waals surface area contributed by atoms with Crippen LogP contribution in [-0.4, -0.2) is 61.2 Å². The van der Waals surface area contributed by atoms with Gasteiger partial charge in [-0.3, -0.25) is 4.79 Å². The third-order valence-electron chi connectivity index (χ3n) is 3.91. The molecule has 168 valence electrons. The quantitative estimate of drug-likeness (QED) is 0.467. The van der Waals surface area contributed by atoms with Gasteiger partial charge in [-0.15, -0.1) is 0 Å². The number of carbonyl (C=O) groups is 2. The van der Waals surface area contributed by atoms with Crippen molar-refractivity contribution in [1.82, 2.24) is 20.9 Å². The summed E-state index contributed by atoms with van der Waals surface area (Å²) < 4.78 is 5.32. The maximum Gasteiger partial charge on any atom is 0.408 e. The van der Waals surface area contributed by atoms with Gasteiger partial charge in [0, 0.05) is 32.7 Å². The van der Waals surface area contributed by atoms with Crippen LogP contribution in [0.4, 0.5) is 4.79 Å². The average molecular weight is 420 g/mol. The number of hydrogen-bond donors (Lipinski definition) is 3. The van der Waals surface area contributed by atoms with Gasteiger partial charge >= 0.3 is 6.09 Å². The predicted molar refractivity (Wildman–Crippen MR) is 121 cm³/mol. The van der Waals surface area contributed by atoms with Crippen molar-refractivity contribution in [2.75, 3.05) is 27.2 Å². The van der Waals surface area contributed by atoms with E-state index < -0.39 is 17.2 Å². The van der Waals surface area contributed by atoms with E-state index in [1.54, 1.807) is 31.1 Å². The number of rotatable bonds is 7. The van der Waals surface area contributed by atoms with E-state index in [-0.39, 0.29) is 5.91 Å². The maximum atomic E-state index is 12.0. The van der Waals surface area contributed by atoms with Crippen LogP contribution in [0, 0.1) is 0 Å². The van der Waals surface area contributed by atoms with Crippen LogP contribution in [0.3, 0.4) is 0 Å². The summed E-state index contributed by atoms with van der Waals surface area (Å²) in [5.74, 6) is 0.616. The highest BCUT2D eigenvalue weighted by atomic mass is 16.6. The second-order valence-corrected chi connectivity index (χ2v) is 8.96. The lowest BCUT2D eigenvalue weighted by molar-refractivity contribution is 0.0473. The molecule has 1 aromatic carbocycles. The average Bonchev–Trinajstić information content (AvgIpc) is 2.61. The summed E-state index contributed by atoms with van der Waals surface area (Å²) >= 11 is 0.